The van der Waals surface area contributed by atoms with Crippen molar-refractivity contribution in [3.05, 3.63) is 22.7 Å². The van der Waals surface area contributed by atoms with Crippen LogP contribution in [0, 0.1) is 5.92 Å². The van der Waals surface area contributed by atoms with Crippen molar-refractivity contribution < 1.29 is 9.53 Å². The minimum Gasteiger partial charge on any atom is -0.476 e. The number of carbonyl (C=O) groups excluding carboxylic acids is 1. The second-order valence-corrected chi connectivity index (χ2v) is 6.35. The van der Waals surface area contributed by atoms with Crippen LogP contribution in [0.25, 0.3) is 10.9 Å². The Bertz CT molecular complexity index is 664. The van der Waals surface area contributed by atoms with Crippen molar-refractivity contribution in [3.8, 4) is 5.88 Å². The fourth-order valence-corrected chi connectivity index (χ4v) is 2.58. The lowest BCUT2D eigenvalue weighted by Gasteiger charge is -2.05. The van der Waals surface area contributed by atoms with Crippen molar-refractivity contribution in [3.63, 3.8) is 0 Å². The first-order valence-corrected chi connectivity index (χ1v) is 7.94. The van der Waals surface area contributed by atoms with Gasteiger partial charge in [-0.2, -0.15) is 0 Å². The number of aromatic nitrogens is 2. The molecule has 0 bridgehead atoms. The van der Waals surface area contributed by atoms with Gasteiger partial charge in [0, 0.05) is 18.1 Å². The summed E-state index contributed by atoms with van der Waals surface area (Å²) in [6, 6.07) is 5.94. The SMILES string of the molecule is Cn1nc(OCCC(=O)NCC2CC2)c2cc(Br)ccc21. The number of benzene rings is 1. The van der Waals surface area contributed by atoms with E-state index in [0.717, 1.165) is 21.9 Å². The molecular weight excluding hydrogens is 334 g/mol. The third kappa shape index (κ3) is 3.56. The molecule has 1 aromatic heterocycles. The number of nitrogens with one attached hydrogen (secondary N) is 1. The first kappa shape index (κ1) is 14.4. The quantitative estimate of drug-likeness (QED) is 0.870. The number of fused-ring (bicyclic) bond motifs is 1. The zero-order valence-corrected chi connectivity index (χ0v) is 13.5. The van der Waals surface area contributed by atoms with Gasteiger partial charge in [-0.15, -0.1) is 5.10 Å². The highest BCUT2D eigenvalue weighted by Gasteiger charge is 2.21. The average Bonchev–Trinajstić information content (AvgIpc) is 3.23. The van der Waals surface area contributed by atoms with Gasteiger partial charge in [0.05, 0.1) is 23.9 Å². The summed E-state index contributed by atoms with van der Waals surface area (Å²) in [6.45, 7) is 1.15. The van der Waals surface area contributed by atoms with E-state index < -0.39 is 0 Å². The molecule has 21 heavy (non-hydrogen) atoms. The van der Waals surface area contributed by atoms with Crippen LogP contribution in [0.2, 0.25) is 0 Å². The zero-order chi connectivity index (χ0) is 14.8. The molecule has 1 saturated carbocycles. The molecule has 1 heterocycles. The van der Waals surface area contributed by atoms with E-state index in [2.05, 4.69) is 26.3 Å². The van der Waals surface area contributed by atoms with Crippen LogP contribution in [-0.2, 0) is 11.8 Å². The molecule has 6 heteroatoms. The molecule has 1 aromatic carbocycles. The summed E-state index contributed by atoms with van der Waals surface area (Å²) in [7, 11) is 1.88. The molecule has 0 spiro atoms. The number of aryl methyl sites for hydroxylation is 1. The van der Waals surface area contributed by atoms with Gasteiger partial charge < -0.3 is 10.1 Å². The Morgan fingerprint density at radius 3 is 3.10 bits per heavy atom. The normalized spacial score (nSPS) is 14.4. The van der Waals surface area contributed by atoms with Crippen LogP contribution in [0.1, 0.15) is 19.3 Å². The van der Waals surface area contributed by atoms with E-state index in [1.165, 1.54) is 12.8 Å². The molecule has 5 nitrogen and oxygen atoms in total. The minimum absolute atomic E-state index is 0.0447. The van der Waals surface area contributed by atoms with Crippen molar-refractivity contribution >= 4 is 32.7 Å². The molecule has 1 N–H and O–H groups in total. The number of halogens is 1. The van der Waals surface area contributed by atoms with E-state index in [1.807, 2.05) is 25.2 Å². The monoisotopic (exact) mass is 351 g/mol. The minimum atomic E-state index is 0.0447. The second kappa shape index (κ2) is 6.05. The smallest absolute Gasteiger partial charge is 0.240 e. The molecule has 0 unspecified atom stereocenters. The molecule has 2 aromatic rings. The summed E-state index contributed by atoms with van der Waals surface area (Å²) in [5, 5.41) is 8.23. The summed E-state index contributed by atoms with van der Waals surface area (Å²) in [4.78, 5) is 11.7. The fourth-order valence-electron chi connectivity index (χ4n) is 2.22. The zero-order valence-electron chi connectivity index (χ0n) is 11.9. The van der Waals surface area contributed by atoms with Gasteiger partial charge in [0.2, 0.25) is 11.8 Å². The third-order valence-electron chi connectivity index (χ3n) is 3.63. The van der Waals surface area contributed by atoms with Gasteiger partial charge in [0.15, 0.2) is 0 Å². The standard InChI is InChI=1S/C15H18BrN3O2/c1-19-13-5-4-11(16)8-12(13)15(18-19)21-7-6-14(20)17-9-10-2-3-10/h4-5,8,10H,2-3,6-7,9H2,1H3,(H,17,20). The van der Waals surface area contributed by atoms with E-state index in [-0.39, 0.29) is 5.91 Å². The van der Waals surface area contributed by atoms with E-state index in [4.69, 9.17) is 4.74 Å². The van der Waals surface area contributed by atoms with Crippen molar-refractivity contribution in [2.75, 3.05) is 13.2 Å². The molecular formula is C15H18BrN3O2. The van der Waals surface area contributed by atoms with Crippen LogP contribution in [0.3, 0.4) is 0 Å². The number of rotatable bonds is 6. The lowest BCUT2D eigenvalue weighted by atomic mass is 10.2. The highest BCUT2D eigenvalue weighted by atomic mass is 79.9. The maximum absolute atomic E-state index is 11.7. The van der Waals surface area contributed by atoms with Crippen LogP contribution in [-0.4, -0.2) is 28.8 Å². The van der Waals surface area contributed by atoms with Gasteiger partial charge >= 0.3 is 0 Å². The molecule has 3 rings (SSSR count). The summed E-state index contributed by atoms with van der Waals surface area (Å²) >= 11 is 3.45. The lowest BCUT2D eigenvalue weighted by molar-refractivity contribution is -0.121. The molecule has 0 saturated heterocycles. The Hall–Kier alpha value is -1.56. The number of carbonyl (C=O) groups is 1. The van der Waals surface area contributed by atoms with Gasteiger partial charge in [-0.25, -0.2) is 0 Å². The summed E-state index contributed by atoms with van der Waals surface area (Å²) in [5.41, 5.74) is 1.01. The van der Waals surface area contributed by atoms with Crippen molar-refractivity contribution in [1.82, 2.24) is 15.1 Å². The van der Waals surface area contributed by atoms with E-state index in [0.29, 0.717) is 24.8 Å². The second-order valence-electron chi connectivity index (χ2n) is 5.44. The van der Waals surface area contributed by atoms with Gasteiger partial charge in [0.25, 0.3) is 0 Å². The maximum atomic E-state index is 11.7. The predicted molar refractivity (Wildman–Crippen MR) is 84.3 cm³/mol. The Labute approximate surface area is 131 Å². The number of ether oxygens (including phenoxy) is 1. The predicted octanol–water partition coefficient (Wildman–Crippen LogP) is 2.63. The van der Waals surface area contributed by atoms with Crippen LogP contribution in [0.4, 0.5) is 0 Å². The molecule has 0 radical (unpaired) electrons. The Morgan fingerprint density at radius 2 is 2.33 bits per heavy atom. The third-order valence-corrected chi connectivity index (χ3v) is 4.12. The van der Waals surface area contributed by atoms with E-state index in [1.54, 1.807) is 4.68 Å². The first-order valence-electron chi connectivity index (χ1n) is 7.15. The molecule has 1 aliphatic carbocycles. The molecule has 1 amide bonds. The number of amides is 1. The van der Waals surface area contributed by atoms with Crippen molar-refractivity contribution in [2.45, 2.75) is 19.3 Å². The Balaban J connectivity index is 1.57. The maximum Gasteiger partial charge on any atom is 0.240 e. The first-order chi connectivity index (χ1) is 10.1. The van der Waals surface area contributed by atoms with E-state index in [9.17, 15) is 4.79 Å². The van der Waals surface area contributed by atoms with Crippen LogP contribution < -0.4 is 10.1 Å². The number of hydrogen-bond donors (Lipinski definition) is 1. The summed E-state index contributed by atoms with van der Waals surface area (Å²) in [6.07, 6.45) is 2.84. The lowest BCUT2D eigenvalue weighted by Crippen LogP contribution is -2.26. The molecule has 0 aliphatic heterocycles. The highest BCUT2D eigenvalue weighted by Crippen LogP contribution is 2.28. The Kier molecular flexibility index (Phi) is 4.14. The Morgan fingerprint density at radius 1 is 1.52 bits per heavy atom. The largest absolute Gasteiger partial charge is 0.476 e. The fraction of sp³-hybridized carbons (Fsp3) is 0.467. The highest BCUT2D eigenvalue weighted by molar-refractivity contribution is 9.10. The van der Waals surface area contributed by atoms with Crippen LogP contribution in [0.15, 0.2) is 22.7 Å². The molecule has 1 aliphatic rings. The van der Waals surface area contributed by atoms with E-state index >= 15 is 0 Å². The van der Waals surface area contributed by atoms with Crippen molar-refractivity contribution in [1.29, 1.82) is 0 Å². The molecule has 1 fully saturated rings. The van der Waals surface area contributed by atoms with Gasteiger partial charge in [-0.3, -0.25) is 9.48 Å². The number of nitrogens with zero attached hydrogens (tertiary/aromatic N) is 2. The van der Waals surface area contributed by atoms with Gasteiger partial charge in [-0.05, 0) is 37.0 Å². The van der Waals surface area contributed by atoms with Crippen LogP contribution in [0.5, 0.6) is 5.88 Å². The number of hydrogen-bond acceptors (Lipinski definition) is 3. The molecule has 112 valence electrons. The van der Waals surface area contributed by atoms with Gasteiger partial charge in [-0.1, -0.05) is 15.9 Å². The van der Waals surface area contributed by atoms with Gasteiger partial charge in [0.1, 0.15) is 0 Å². The molecule has 0 atom stereocenters. The van der Waals surface area contributed by atoms with Crippen LogP contribution >= 0.6 is 15.9 Å². The van der Waals surface area contributed by atoms with Crippen molar-refractivity contribution in [2.24, 2.45) is 13.0 Å². The summed E-state index contributed by atoms with van der Waals surface area (Å²) < 4.78 is 8.44. The topological polar surface area (TPSA) is 56.2 Å². The average molecular weight is 352 g/mol. The summed E-state index contributed by atoms with van der Waals surface area (Å²) in [5.74, 6) is 1.32.